The standard InChI is InChI=1S/C24H17N3O3S/c25-14-17-5-1-2-6-18(17)15-30-19-11-9-16(10-12-19)13-22(23(28)29)31-24-26-20-7-3-4-8-21(20)27-24/h1-13H,15H2,(H,26,27)(H,28,29)/b22-13-. The average Bonchev–Trinajstić information content (AvgIpc) is 3.20. The molecule has 0 aliphatic carbocycles. The molecular weight excluding hydrogens is 410 g/mol. The Hall–Kier alpha value is -4.02. The van der Waals surface area contributed by atoms with Gasteiger partial charge in [0.1, 0.15) is 17.3 Å². The maximum Gasteiger partial charge on any atom is 0.342 e. The van der Waals surface area contributed by atoms with Gasteiger partial charge in [-0.1, -0.05) is 42.5 Å². The zero-order valence-electron chi connectivity index (χ0n) is 16.3. The number of ether oxygens (including phenoxy) is 1. The molecule has 0 amide bonds. The van der Waals surface area contributed by atoms with E-state index in [1.165, 1.54) is 0 Å². The number of para-hydroxylation sites is 2. The van der Waals surface area contributed by atoms with E-state index in [9.17, 15) is 9.90 Å². The average molecular weight is 427 g/mol. The van der Waals surface area contributed by atoms with Crippen LogP contribution in [-0.2, 0) is 11.4 Å². The molecule has 0 saturated heterocycles. The van der Waals surface area contributed by atoms with E-state index in [1.54, 1.807) is 36.4 Å². The van der Waals surface area contributed by atoms with Gasteiger partial charge in [-0.05, 0) is 53.7 Å². The number of aliphatic carboxylic acids is 1. The molecule has 0 bridgehead atoms. The lowest BCUT2D eigenvalue weighted by Crippen LogP contribution is -1.98. The van der Waals surface area contributed by atoms with Crippen molar-refractivity contribution in [3.8, 4) is 11.8 Å². The first-order valence-corrected chi connectivity index (χ1v) is 10.2. The Morgan fingerprint density at radius 1 is 1.10 bits per heavy atom. The predicted molar refractivity (Wildman–Crippen MR) is 119 cm³/mol. The molecule has 3 aromatic carbocycles. The minimum Gasteiger partial charge on any atom is -0.489 e. The Kier molecular flexibility index (Phi) is 6.01. The van der Waals surface area contributed by atoms with Crippen LogP contribution in [0.5, 0.6) is 5.75 Å². The Morgan fingerprint density at radius 3 is 2.58 bits per heavy atom. The number of imidazole rings is 1. The summed E-state index contributed by atoms with van der Waals surface area (Å²) in [5.74, 6) is -0.398. The minimum atomic E-state index is -1.03. The summed E-state index contributed by atoms with van der Waals surface area (Å²) in [6, 6.07) is 24.1. The summed E-state index contributed by atoms with van der Waals surface area (Å²) >= 11 is 1.07. The summed E-state index contributed by atoms with van der Waals surface area (Å²) in [5.41, 5.74) is 3.76. The van der Waals surface area contributed by atoms with Crippen molar-refractivity contribution in [2.75, 3.05) is 0 Å². The van der Waals surface area contributed by atoms with Gasteiger partial charge >= 0.3 is 5.97 Å². The van der Waals surface area contributed by atoms with Gasteiger partial charge in [-0.25, -0.2) is 9.78 Å². The van der Waals surface area contributed by atoms with Crippen molar-refractivity contribution >= 4 is 34.8 Å². The van der Waals surface area contributed by atoms with E-state index in [4.69, 9.17) is 10.00 Å². The second-order valence-electron chi connectivity index (χ2n) is 6.60. The lowest BCUT2D eigenvalue weighted by Gasteiger charge is -2.08. The number of benzene rings is 3. The fraction of sp³-hybridized carbons (Fsp3) is 0.0417. The van der Waals surface area contributed by atoms with E-state index in [1.807, 2.05) is 42.5 Å². The van der Waals surface area contributed by atoms with Crippen LogP contribution in [0.4, 0.5) is 0 Å². The molecule has 0 fully saturated rings. The van der Waals surface area contributed by atoms with Gasteiger partial charge in [0.2, 0.25) is 0 Å². The van der Waals surface area contributed by atoms with E-state index >= 15 is 0 Å². The summed E-state index contributed by atoms with van der Waals surface area (Å²) in [4.78, 5) is 19.4. The molecule has 0 aliphatic heterocycles. The zero-order valence-corrected chi connectivity index (χ0v) is 17.1. The number of hydrogen-bond donors (Lipinski definition) is 2. The van der Waals surface area contributed by atoms with Gasteiger partial charge in [0, 0.05) is 5.56 Å². The highest BCUT2D eigenvalue weighted by molar-refractivity contribution is 8.04. The molecule has 6 nitrogen and oxygen atoms in total. The molecule has 0 unspecified atom stereocenters. The molecule has 4 rings (SSSR count). The number of hydrogen-bond acceptors (Lipinski definition) is 5. The molecule has 0 saturated carbocycles. The first-order chi connectivity index (χ1) is 15.1. The number of rotatable bonds is 7. The summed E-state index contributed by atoms with van der Waals surface area (Å²) in [6.07, 6.45) is 1.59. The molecule has 2 N–H and O–H groups in total. The zero-order chi connectivity index (χ0) is 21.6. The highest BCUT2D eigenvalue weighted by Crippen LogP contribution is 2.28. The number of aromatic amines is 1. The molecule has 4 aromatic rings. The maximum atomic E-state index is 11.7. The third kappa shape index (κ3) is 4.94. The molecule has 7 heteroatoms. The first kappa shape index (κ1) is 20.3. The third-order valence-corrected chi connectivity index (χ3v) is 5.39. The van der Waals surface area contributed by atoms with Gasteiger partial charge in [-0.15, -0.1) is 0 Å². The molecule has 0 aliphatic rings. The van der Waals surface area contributed by atoms with E-state index in [0.717, 1.165) is 33.9 Å². The van der Waals surface area contributed by atoms with Gasteiger partial charge in [0.05, 0.1) is 22.7 Å². The molecule has 152 valence electrons. The Labute approximate surface area is 182 Å². The van der Waals surface area contributed by atoms with Gasteiger partial charge in [0.15, 0.2) is 5.16 Å². The summed E-state index contributed by atoms with van der Waals surface area (Å²) in [6.45, 7) is 0.279. The smallest absolute Gasteiger partial charge is 0.342 e. The van der Waals surface area contributed by atoms with Crippen molar-refractivity contribution in [2.24, 2.45) is 0 Å². The number of aromatic nitrogens is 2. The summed E-state index contributed by atoms with van der Waals surface area (Å²) < 4.78 is 5.76. The third-order valence-electron chi connectivity index (χ3n) is 4.50. The number of nitriles is 1. The van der Waals surface area contributed by atoms with Crippen LogP contribution < -0.4 is 4.74 Å². The van der Waals surface area contributed by atoms with Crippen LogP contribution >= 0.6 is 11.8 Å². The fourth-order valence-corrected chi connectivity index (χ4v) is 3.74. The number of carboxylic acids is 1. The number of nitrogens with zero attached hydrogens (tertiary/aromatic N) is 2. The highest BCUT2D eigenvalue weighted by Gasteiger charge is 2.13. The molecule has 1 aromatic heterocycles. The normalized spacial score (nSPS) is 11.3. The van der Waals surface area contributed by atoms with Gasteiger partial charge < -0.3 is 14.8 Å². The molecule has 31 heavy (non-hydrogen) atoms. The number of nitrogens with one attached hydrogen (secondary N) is 1. The van der Waals surface area contributed by atoms with Crippen LogP contribution in [0.15, 0.2) is 82.9 Å². The predicted octanol–water partition coefficient (Wildman–Crippen LogP) is 5.23. The largest absolute Gasteiger partial charge is 0.489 e. The van der Waals surface area contributed by atoms with Crippen LogP contribution in [0.25, 0.3) is 17.1 Å². The minimum absolute atomic E-state index is 0.149. The lowest BCUT2D eigenvalue weighted by atomic mass is 10.1. The van der Waals surface area contributed by atoms with E-state index in [0.29, 0.717) is 16.5 Å². The van der Waals surface area contributed by atoms with Crippen LogP contribution in [-0.4, -0.2) is 21.0 Å². The number of carboxylic acid groups (broad SMARTS) is 1. The number of carbonyl (C=O) groups is 1. The van der Waals surface area contributed by atoms with Crippen LogP contribution in [0.1, 0.15) is 16.7 Å². The molecule has 0 radical (unpaired) electrons. The van der Waals surface area contributed by atoms with Crippen molar-refractivity contribution in [1.29, 1.82) is 5.26 Å². The number of H-pyrrole nitrogens is 1. The van der Waals surface area contributed by atoms with Crippen molar-refractivity contribution in [1.82, 2.24) is 9.97 Å². The molecular formula is C24H17N3O3S. The van der Waals surface area contributed by atoms with Crippen LogP contribution in [0, 0.1) is 11.3 Å². The highest BCUT2D eigenvalue weighted by atomic mass is 32.2. The molecule has 0 atom stereocenters. The van der Waals surface area contributed by atoms with E-state index < -0.39 is 5.97 Å². The fourth-order valence-electron chi connectivity index (χ4n) is 2.94. The van der Waals surface area contributed by atoms with Gasteiger partial charge in [-0.3, -0.25) is 0 Å². The van der Waals surface area contributed by atoms with E-state index in [-0.39, 0.29) is 11.5 Å². The maximum absolute atomic E-state index is 11.7. The lowest BCUT2D eigenvalue weighted by molar-refractivity contribution is -0.131. The van der Waals surface area contributed by atoms with Gasteiger partial charge in [0.25, 0.3) is 0 Å². The summed E-state index contributed by atoms with van der Waals surface area (Å²) in [7, 11) is 0. The number of thioether (sulfide) groups is 1. The second kappa shape index (κ2) is 9.20. The molecule has 0 spiro atoms. The topological polar surface area (TPSA) is 99.0 Å². The Bertz CT molecular complexity index is 1270. The van der Waals surface area contributed by atoms with Crippen molar-refractivity contribution in [3.63, 3.8) is 0 Å². The second-order valence-corrected chi connectivity index (χ2v) is 7.63. The first-order valence-electron chi connectivity index (χ1n) is 9.41. The van der Waals surface area contributed by atoms with Crippen LogP contribution in [0.2, 0.25) is 0 Å². The van der Waals surface area contributed by atoms with E-state index in [2.05, 4.69) is 16.0 Å². The van der Waals surface area contributed by atoms with Crippen molar-refractivity contribution < 1.29 is 14.6 Å². The Morgan fingerprint density at radius 2 is 1.84 bits per heavy atom. The molecule has 1 heterocycles. The monoisotopic (exact) mass is 427 g/mol. The van der Waals surface area contributed by atoms with Crippen molar-refractivity contribution in [2.45, 2.75) is 11.8 Å². The summed E-state index contributed by atoms with van der Waals surface area (Å²) in [5, 5.41) is 19.3. The quantitative estimate of drug-likeness (QED) is 0.309. The van der Waals surface area contributed by atoms with Crippen LogP contribution in [0.3, 0.4) is 0 Å². The van der Waals surface area contributed by atoms with Crippen molar-refractivity contribution in [3.05, 3.63) is 94.4 Å². The number of fused-ring (bicyclic) bond motifs is 1. The Balaban J connectivity index is 1.47. The SMILES string of the molecule is N#Cc1ccccc1COc1ccc(/C=C(\Sc2nc3ccccc3[nH]2)C(=O)O)cc1. The van der Waals surface area contributed by atoms with Gasteiger partial charge in [-0.2, -0.15) is 5.26 Å².